The molecule has 3 nitrogen and oxygen atoms in total. The van der Waals surface area contributed by atoms with Crippen molar-refractivity contribution in [2.75, 3.05) is 0 Å². The number of rotatable bonds is 1. The van der Waals surface area contributed by atoms with E-state index in [0.717, 1.165) is 11.3 Å². The minimum atomic E-state index is 0.347. The molecule has 10 heavy (non-hydrogen) atoms. The van der Waals surface area contributed by atoms with Gasteiger partial charge in [0.1, 0.15) is 6.07 Å². The van der Waals surface area contributed by atoms with Crippen LogP contribution in [0, 0.1) is 18.3 Å². The van der Waals surface area contributed by atoms with Crippen LogP contribution >= 0.6 is 11.3 Å². The Morgan fingerprint density at radius 3 is 2.80 bits per heavy atom. The van der Waals surface area contributed by atoms with E-state index >= 15 is 0 Å². The number of hydrogen-bond acceptors (Lipinski definition) is 4. The fraction of sp³-hybridized carbons (Fsp3) is 0.167. The molecule has 0 saturated carbocycles. The maximum atomic E-state index is 10.2. The zero-order valence-corrected chi connectivity index (χ0v) is 6.10. The molecule has 0 saturated heterocycles. The SMILES string of the molecule is Cc1nc(C#N)sc1C=O. The van der Waals surface area contributed by atoms with Gasteiger partial charge in [-0.1, -0.05) is 0 Å². The Bertz CT molecular complexity index is 297. The topological polar surface area (TPSA) is 53.8 Å². The van der Waals surface area contributed by atoms with Gasteiger partial charge < -0.3 is 0 Å². The number of carbonyl (C=O) groups excluding carboxylic acids is 1. The standard InChI is InChI=1S/C6H4N2OS/c1-4-5(3-9)10-6(2-7)8-4/h3H,1H3. The Morgan fingerprint density at radius 1 is 1.80 bits per heavy atom. The summed E-state index contributed by atoms with van der Waals surface area (Å²) in [5, 5.41) is 8.70. The van der Waals surface area contributed by atoms with Crippen molar-refractivity contribution in [3.63, 3.8) is 0 Å². The van der Waals surface area contributed by atoms with Gasteiger partial charge >= 0.3 is 0 Å². The monoisotopic (exact) mass is 152 g/mol. The molecule has 0 fully saturated rings. The predicted octanol–water partition coefficient (Wildman–Crippen LogP) is 1.14. The summed E-state index contributed by atoms with van der Waals surface area (Å²) in [4.78, 5) is 14.6. The van der Waals surface area contributed by atoms with Gasteiger partial charge in [0.05, 0.1) is 10.6 Å². The van der Waals surface area contributed by atoms with Crippen LogP contribution in [0.5, 0.6) is 0 Å². The summed E-state index contributed by atoms with van der Waals surface area (Å²) in [6.45, 7) is 1.71. The molecule has 0 spiro atoms. The summed E-state index contributed by atoms with van der Waals surface area (Å²) in [6, 6.07) is 1.87. The first-order chi connectivity index (χ1) is 4.77. The van der Waals surface area contributed by atoms with Crippen molar-refractivity contribution in [1.29, 1.82) is 5.26 Å². The molecule has 4 heteroatoms. The van der Waals surface area contributed by atoms with Crippen LogP contribution in [0.2, 0.25) is 0 Å². The Balaban J connectivity index is 3.19. The third kappa shape index (κ3) is 1.04. The van der Waals surface area contributed by atoms with Crippen molar-refractivity contribution < 1.29 is 4.79 Å². The van der Waals surface area contributed by atoms with Crippen LogP contribution in [0.1, 0.15) is 20.4 Å². The molecule has 0 atom stereocenters. The molecular weight excluding hydrogens is 148 g/mol. The van der Waals surface area contributed by atoms with Crippen LogP contribution in [0.4, 0.5) is 0 Å². The summed E-state index contributed by atoms with van der Waals surface area (Å²) in [5.41, 5.74) is 0.636. The highest BCUT2D eigenvalue weighted by Crippen LogP contribution is 2.13. The number of nitrogens with zero attached hydrogens (tertiary/aromatic N) is 2. The second-order valence-electron chi connectivity index (χ2n) is 1.70. The van der Waals surface area contributed by atoms with Crippen molar-refractivity contribution in [1.82, 2.24) is 4.98 Å². The quantitative estimate of drug-likeness (QED) is 0.567. The summed E-state index contributed by atoms with van der Waals surface area (Å²) in [6.07, 6.45) is 0.716. The van der Waals surface area contributed by atoms with Crippen LogP contribution in [0.3, 0.4) is 0 Å². The molecule has 0 N–H and O–H groups in total. The maximum Gasteiger partial charge on any atom is 0.195 e. The van der Waals surface area contributed by atoms with Crippen LogP contribution in [-0.4, -0.2) is 11.3 Å². The lowest BCUT2D eigenvalue weighted by Gasteiger charge is -1.76. The molecule has 0 radical (unpaired) electrons. The Labute approximate surface area is 61.9 Å². The van der Waals surface area contributed by atoms with E-state index in [4.69, 9.17) is 5.26 Å². The first kappa shape index (κ1) is 6.90. The normalized spacial score (nSPS) is 8.80. The molecule has 0 amide bonds. The second kappa shape index (κ2) is 2.58. The molecule has 50 valence electrons. The molecule has 1 rings (SSSR count). The third-order valence-corrected chi connectivity index (χ3v) is 2.02. The van der Waals surface area contributed by atoms with Gasteiger partial charge in [-0.15, -0.1) is 11.3 Å². The van der Waals surface area contributed by atoms with Crippen molar-refractivity contribution in [2.24, 2.45) is 0 Å². The van der Waals surface area contributed by atoms with Gasteiger partial charge in [-0.2, -0.15) is 5.26 Å². The highest BCUT2D eigenvalue weighted by Gasteiger charge is 2.03. The highest BCUT2D eigenvalue weighted by atomic mass is 32.1. The summed E-state index contributed by atoms with van der Waals surface area (Å²) in [5.74, 6) is 0. The molecule has 1 aromatic rings. The number of aromatic nitrogens is 1. The van der Waals surface area contributed by atoms with Crippen LogP contribution < -0.4 is 0 Å². The molecular formula is C6H4N2OS. The zero-order chi connectivity index (χ0) is 7.56. The van der Waals surface area contributed by atoms with Crippen LogP contribution in [-0.2, 0) is 0 Å². The van der Waals surface area contributed by atoms with Gasteiger partial charge in [-0.05, 0) is 6.92 Å². The van der Waals surface area contributed by atoms with Crippen molar-refractivity contribution in [3.05, 3.63) is 15.6 Å². The summed E-state index contributed by atoms with van der Waals surface area (Å²) in [7, 11) is 0. The lowest BCUT2D eigenvalue weighted by atomic mass is 10.4. The van der Waals surface area contributed by atoms with E-state index in [1.165, 1.54) is 0 Å². The van der Waals surface area contributed by atoms with Crippen molar-refractivity contribution in [3.8, 4) is 6.07 Å². The smallest absolute Gasteiger partial charge is 0.195 e. The zero-order valence-electron chi connectivity index (χ0n) is 5.29. The fourth-order valence-electron chi connectivity index (χ4n) is 0.565. The van der Waals surface area contributed by atoms with Gasteiger partial charge in [0.15, 0.2) is 11.3 Å². The van der Waals surface area contributed by atoms with Crippen molar-refractivity contribution >= 4 is 17.6 Å². The van der Waals surface area contributed by atoms with E-state index < -0.39 is 0 Å². The molecule has 0 aliphatic carbocycles. The van der Waals surface area contributed by atoms with Gasteiger partial charge in [-0.25, -0.2) is 4.98 Å². The molecule has 0 aromatic carbocycles. The summed E-state index contributed by atoms with van der Waals surface area (Å²) >= 11 is 1.12. The lowest BCUT2D eigenvalue weighted by molar-refractivity contribution is 0.112. The largest absolute Gasteiger partial charge is 0.297 e. The Kier molecular flexibility index (Phi) is 1.78. The van der Waals surface area contributed by atoms with E-state index in [1.807, 2.05) is 6.07 Å². The summed E-state index contributed by atoms with van der Waals surface area (Å²) < 4.78 is 0. The minimum absolute atomic E-state index is 0.347. The van der Waals surface area contributed by atoms with Gasteiger partial charge in [0.2, 0.25) is 0 Å². The average Bonchev–Trinajstić information content (AvgIpc) is 2.30. The molecule has 1 aromatic heterocycles. The molecule has 0 aliphatic rings. The van der Waals surface area contributed by atoms with Crippen LogP contribution in [0.25, 0.3) is 0 Å². The Morgan fingerprint density at radius 2 is 2.50 bits per heavy atom. The molecule has 1 heterocycles. The van der Waals surface area contributed by atoms with Crippen molar-refractivity contribution in [2.45, 2.75) is 6.92 Å². The van der Waals surface area contributed by atoms with Crippen LogP contribution in [0.15, 0.2) is 0 Å². The molecule has 0 aliphatic heterocycles. The fourth-order valence-corrected chi connectivity index (χ4v) is 1.24. The van der Waals surface area contributed by atoms with E-state index in [-0.39, 0.29) is 0 Å². The first-order valence-corrected chi connectivity index (χ1v) is 3.42. The van der Waals surface area contributed by atoms with Gasteiger partial charge in [0, 0.05) is 0 Å². The van der Waals surface area contributed by atoms with E-state index in [2.05, 4.69) is 4.98 Å². The number of aryl methyl sites for hydroxylation is 1. The number of thiazole rings is 1. The maximum absolute atomic E-state index is 10.2. The molecule has 0 unspecified atom stereocenters. The lowest BCUT2D eigenvalue weighted by Crippen LogP contribution is -1.77. The number of nitriles is 1. The van der Waals surface area contributed by atoms with Gasteiger partial charge in [0.25, 0.3) is 0 Å². The number of aldehydes is 1. The molecule has 0 bridgehead atoms. The highest BCUT2D eigenvalue weighted by molar-refractivity contribution is 7.13. The first-order valence-electron chi connectivity index (χ1n) is 2.60. The average molecular weight is 152 g/mol. The van der Waals surface area contributed by atoms with Gasteiger partial charge in [-0.3, -0.25) is 4.79 Å². The number of hydrogen-bond donors (Lipinski definition) is 0. The number of carbonyl (C=O) groups is 1. The van der Waals surface area contributed by atoms with E-state index in [1.54, 1.807) is 6.92 Å². The predicted molar refractivity (Wildman–Crippen MR) is 37.0 cm³/mol. The van der Waals surface area contributed by atoms with E-state index in [9.17, 15) is 4.79 Å². The third-order valence-electron chi connectivity index (χ3n) is 1.04. The van der Waals surface area contributed by atoms with E-state index in [0.29, 0.717) is 21.9 Å². The second-order valence-corrected chi connectivity index (χ2v) is 2.73. The minimum Gasteiger partial charge on any atom is -0.297 e. The Hall–Kier alpha value is -1.21.